The first kappa shape index (κ1) is 12.2. The van der Waals surface area contributed by atoms with Gasteiger partial charge >= 0.3 is 5.97 Å². The molecule has 0 amide bonds. The average molecular weight is 226 g/mol. The Bertz CT molecular complexity index is 328. The Morgan fingerprint density at radius 3 is 2.60 bits per heavy atom. The maximum Gasteiger partial charge on any atom is 0.303 e. The summed E-state index contributed by atoms with van der Waals surface area (Å²) in [5.41, 5.74) is 1.44. The van der Waals surface area contributed by atoms with Crippen molar-refractivity contribution in [3.8, 4) is 0 Å². The fourth-order valence-corrected chi connectivity index (χ4v) is 2.68. The number of aliphatic carboxylic acids is 1. The molecule has 2 nitrogen and oxygen atoms in total. The van der Waals surface area contributed by atoms with E-state index in [2.05, 4.69) is 19.9 Å². The van der Waals surface area contributed by atoms with Crippen molar-refractivity contribution >= 4 is 17.3 Å². The van der Waals surface area contributed by atoms with Crippen LogP contribution < -0.4 is 0 Å². The number of carbonyl (C=O) groups is 1. The van der Waals surface area contributed by atoms with E-state index in [0.717, 1.165) is 25.7 Å². The molecule has 3 heteroatoms. The van der Waals surface area contributed by atoms with Gasteiger partial charge in [-0.15, -0.1) is 11.3 Å². The van der Waals surface area contributed by atoms with Gasteiger partial charge in [0.15, 0.2) is 0 Å². The molecule has 1 rings (SSSR count). The fraction of sp³-hybridized carbons (Fsp3) is 0.583. The van der Waals surface area contributed by atoms with Crippen molar-refractivity contribution in [2.75, 3.05) is 0 Å². The molecule has 0 unspecified atom stereocenters. The minimum Gasteiger partial charge on any atom is -0.481 e. The summed E-state index contributed by atoms with van der Waals surface area (Å²) in [6.45, 7) is 4.29. The second kappa shape index (κ2) is 5.91. The highest BCUT2D eigenvalue weighted by molar-refractivity contribution is 7.12. The van der Waals surface area contributed by atoms with Crippen LogP contribution in [0.2, 0.25) is 0 Å². The summed E-state index contributed by atoms with van der Waals surface area (Å²) in [5.74, 6) is -0.683. The number of aryl methyl sites for hydroxylation is 3. The number of carboxylic acid groups (broad SMARTS) is 1. The Kier molecular flexibility index (Phi) is 4.82. The molecule has 0 aliphatic heterocycles. The van der Waals surface area contributed by atoms with Crippen LogP contribution in [0.5, 0.6) is 0 Å². The Labute approximate surface area is 94.9 Å². The lowest BCUT2D eigenvalue weighted by Gasteiger charge is -1.99. The summed E-state index contributed by atoms with van der Waals surface area (Å²) in [5, 5.41) is 8.48. The molecule has 0 bridgehead atoms. The molecule has 1 heterocycles. The molecule has 0 aliphatic carbocycles. The van der Waals surface area contributed by atoms with Gasteiger partial charge in [-0.1, -0.05) is 6.42 Å². The van der Waals surface area contributed by atoms with Crippen molar-refractivity contribution in [2.24, 2.45) is 0 Å². The van der Waals surface area contributed by atoms with E-state index >= 15 is 0 Å². The summed E-state index contributed by atoms with van der Waals surface area (Å²) in [4.78, 5) is 13.1. The van der Waals surface area contributed by atoms with Crippen LogP contribution in [0.1, 0.15) is 41.0 Å². The lowest BCUT2D eigenvalue weighted by atomic mass is 10.1. The monoisotopic (exact) mass is 226 g/mol. The molecule has 0 fully saturated rings. The molecule has 15 heavy (non-hydrogen) atoms. The van der Waals surface area contributed by atoms with Gasteiger partial charge in [0.25, 0.3) is 0 Å². The highest BCUT2D eigenvalue weighted by Crippen LogP contribution is 2.22. The zero-order chi connectivity index (χ0) is 11.3. The first-order valence-electron chi connectivity index (χ1n) is 5.37. The third kappa shape index (κ3) is 4.47. The van der Waals surface area contributed by atoms with E-state index in [1.165, 1.54) is 15.3 Å². The Hall–Kier alpha value is -0.830. The maximum atomic E-state index is 10.3. The molecule has 0 saturated heterocycles. The third-order valence-corrected chi connectivity index (χ3v) is 3.49. The van der Waals surface area contributed by atoms with Crippen molar-refractivity contribution in [1.29, 1.82) is 0 Å². The number of unbranched alkanes of at least 4 members (excludes halogenated alkanes) is 2. The maximum absolute atomic E-state index is 10.3. The van der Waals surface area contributed by atoms with E-state index in [-0.39, 0.29) is 0 Å². The number of hydrogen-bond donors (Lipinski definition) is 1. The lowest BCUT2D eigenvalue weighted by Crippen LogP contribution is -1.94. The summed E-state index contributed by atoms with van der Waals surface area (Å²) in [6, 6.07) is 2.25. The highest BCUT2D eigenvalue weighted by atomic mass is 32.1. The van der Waals surface area contributed by atoms with Gasteiger partial charge in [-0.2, -0.15) is 0 Å². The molecule has 0 aliphatic rings. The fourth-order valence-electron chi connectivity index (χ4n) is 1.70. The quantitative estimate of drug-likeness (QED) is 0.753. The lowest BCUT2D eigenvalue weighted by molar-refractivity contribution is -0.137. The second-order valence-corrected chi connectivity index (χ2v) is 5.35. The number of hydrogen-bond acceptors (Lipinski definition) is 2. The predicted molar refractivity (Wildman–Crippen MR) is 63.6 cm³/mol. The van der Waals surface area contributed by atoms with Crippen LogP contribution in [0.25, 0.3) is 0 Å². The molecule has 0 radical (unpaired) electrons. The predicted octanol–water partition coefficient (Wildman–Crippen LogP) is 3.55. The number of rotatable bonds is 6. The van der Waals surface area contributed by atoms with Crippen molar-refractivity contribution in [2.45, 2.75) is 46.0 Å². The summed E-state index contributed by atoms with van der Waals surface area (Å²) < 4.78 is 0. The summed E-state index contributed by atoms with van der Waals surface area (Å²) in [7, 11) is 0. The molecular formula is C12H18O2S. The average Bonchev–Trinajstić information content (AvgIpc) is 2.44. The first-order valence-corrected chi connectivity index (χ1v) is 6.19. The summed E-state index contributed by atoms with van der Waals surface area (Å²) >= 11 is 1.84. The molecular weight excluding hydrogens is 208 g/mol. The molecule has 84 valence electrons. The third-order valence-electron chi connectivity index (χ3n) is 2.48. The van der Waals surface area contributed by atoms with Crippen molar-refractivity contribution in [3.63, 3.8) is 0 Å². The van der Waals surface area contributed by atoms with Gasteiger partial charge < -0.3 is 5.11 Å². The van der Waals surface area contributed by atoms with E-state index in [4.69, 9.17) is 5.11 Å². The summed E-state index contributed by atoms with van der Waals surface area (Å²) in [6.07, 6.45) is 4.32. The smallest absolute Gasteiger partial charge is 0.303 e. The largest absolute Gasteiger partial charge is 0.481 e. The van der Waals surface area contributed by atoms with Gasteiger partial charge in [0.2, 0.25) is 0 Å². The topological polar surface area (TPSA) is 37.3 Å². The number of thiophene rings is 1. The van der Waals surface area contributed by atoms with Crippen molar-refractivity contribution in [1.82, 2.24) is 0 Å². The normalized spacial score (nSPS) is 10.5. The zero-order valence-corrected chi connectivity index (χ0v) is 10.2. The van der Waals surface area contributed by atoms with E-state index in [0.29, 0.717) is 6.42 Å². The van der Waals surface area contributed by atoms with Crippen LogP contribution in [0.15, 0.2) is 6.07 Å². The van der Waals surface area contributed by atoms with Crippen molar-refractivity contribution in [3.05, 3.63) is 21.4 Å². The minimum atomic E-state index is -0.683. The Morgan fingerprint density at radius 1 is 1.33 bits per heavy atom. The molecule has 0 spiro atoms. The number of carboxylic acids is 1. The van der Waals surface area contributed by atoms with Crippen LogP contribution in [-0.2, 0) is 11.2 Å². The molecule has 1 N–H and O–H groups in total. The SMILES string of the molecule is Cc1cc(CCCCCC(=O)O)c(C)s1. The van der Waals surface area contributed by atoms with Crippen LogP contribution >= 0.6 is 11.3 Å². The standard InChI is InChI=1S/C12H18O2S/c1-9-8-11(10(2)15-9)6-4-3-5-7-12(13)14/h8H,3-7H2,1-2H3,(H,13,14). The molecule has 1 aromatic heterocycles. The van der Waals surface area contributed by atoms with Crippen LogP contribution in [0.3, 0.4) is 0 Å². The van der Waals surface area contributed by atoms with Crippen LogP contribution in [-0.4, -0.2) is 11.1 Å². The molecule has 0 aromatic carbocycles. The van der Waals surface area contributed by atoms with E-state index in [1.807, 2.05) is 11.3 Å². The Morgan fingerprint density at radius 2 is 2.07 bits per heavy atom. The van der Waals surface area contributed by atoms with Crippen LogP contribution in [0, 0.1) is 13.8 Å². The van der Waals surface area contributed by atoms with E-state index in [9.17, 15) is 4.79 Å². The zero-order valence-electron chi connectivity index (χ0n) is 9.38. The molecule has 1 aromatic rings. The van der Waals surface area contributed by atoms with Gasteiger partial charge in [0.05, 0.1) is 0 Å². The Balaban J connectivity index is 2.20. The van der Waals surface area contributed by atoms with Gasteiger partial charge in [0.1, 0.15) is 0 Å². The van der Waals surface area contributed by atoms with Crippen LogP contribution in [0.4, 0.5) is 0 Å². The van der Waals surface area contributed by atoms with Crippen molar-refractivity contribution < 1.29 is 9.90 Å². The van der Waals surface area contributed by atoms with E-state index in [1.54, 1.807) is 0 Å². The second-order valence-electron chi connectivity index (χ2n) is 3.89. The first-order chi connectivity index (χ1) is 7.09. The molecule has 0 saturated carbocycles. The van der Waals surface area contributed by atoms with Gasteiger partial charge in [-0.05, 0) is 44.7 Å². The minimum absolute atomic E-state index is 0.307. The molecule has 0 atom stereocenters. The van der Waals surface area contributed by atoms with Gasteiger partial charge in [-0.3, -0.25) is 4.79 Å². The highest BCUT2D eigenvalue weighted by Gasteiger charge is 2.02. The van der Waals surface area contributed by atoms with Gasteiger partial charge in [0, 0.05) is 16.2 Å². The van der Waals surface area contributed by atoms with E-state index < -0.39 is 5.97 Å². The van der Waals surface area contributed by atoms with Gasteiger partial charge in [-0.25, -0.2) is 0 Å².